The number of primary amides is 1. The van der Waals surface area contributed by atoms with Gasteiger partial charge in [0, 0.05) is 23.2 Å². The number of nitrogens with zero attached hydrogens (tertiary/aromatic N) is 1. The van der Waals surface area contributed by atoms with Crippen molar-refractivity contribution in [2.24, 2.45) is 5.73 Å². The number of nitrogens with two attached hydrogens (primary N) is 2. The van der Waals surface area contributed by atoms with Crippen LogP contribution in [0.5, 0.6) is 0 Å². The van der Waals surface area contributed by atoms with Crippen molar-refractivity contribution in [3.8, 4) is 11.1 Å². The van der Waals surface area contributed by atoms with Crippen molar-refractivity contribution in [2.45, 2.75) is 38.0 Å². The molecule has 0 bridgehead atoms. The summed E-state index contributed by atoms with van der Waals surface area (Å²) >= 11 is 0. The van der Waals surface area contributed by atoms with Crippen molar-refractivity contribution in [3.63, 3.8) is 0 Å². The van der Waals surface area contributed by atoms with E-state index in [1.54, 1.807) is 24.3 Å². The number of carbonyl (C=O) groups excluding carboxylic acids is 1. The van der Waals surface area contributed by atoms with Gasteiger partial charge in [0.15, 0.2) is 0 Å². The smallest absolute Gasteiger partial charge is 0.269 e. The van der Waals surface area contributed by atoms with Gasteiger partial charge in [-0.3, -0.25) is 9.59 Å². The van der Waals surface area contributed by atoms with Gasteiger partial charge in [0.25, 0.3) is 5.56 Å². The summed E-state index contributed by atoms with van der Waals surface area (Å²) in [6.45, 7) is 0. The number of carbonyl (C=O) groups is 1. The minimum Gasteiger partial charge on any atom is -0.366 e. The number of nitrogen functional groups attached to an aromatic ring is 1. The Balaban J connectivity index is 2.01. The topological polar surface area (TPSA) is 91.1 Å². The number of hydrogen-bond acceptors (Lipinski definition) is 3. The van der Waals surface area contributed by atoms with Gasteiger partial charge in [0.05, 0.1) is 0 Å². The normalized spacial score (nSPS) is 15.5. The fourth-order valence-electron chi connectivity index (χ4n) is 3.31. The zero-order valence-electron chi connectivity index (χ0n) is 13.0. The Kier molecular flexibility index (Phi) is 4.19. The number of aromatic nitrogens is 1. The highest BCUT2D eigenvalue weighted by Crippen LogP contribution is 2.33. The molecule has 120 valence electrons. The lowest BCUT2D eigenvalue weighted by atomic mass is 9.86. The first kappa shape index (κ1) is 15.3. The van der Waals surface area contributed by atoms with E-state index in [0.717, 1.165) is 29.7 Å². The lowest BCUT2D eigenvalue weighted by Crippen LogP contribution is -2.31. The molecule has 1 aromatic carbocycles. The van der Waals surface area contributed by atoms with Crippen molar-refractivity contribution in [1.82, 2.24) is 4.68 Å². The lowest BCUT2D eigenvalue weighted by Gasteiger charge is -2.24. The highest BCUT2D eigenvalue weighted by Gasteiger charge is 2.19. The molecule has 23 heavy (non-hydrogen) atoms. The van der Waals surface area contributed by atoms with Crippen molar-refractivity contribution in [3.05, 3.63) is 58.0 Å². The van der Waals surface area contributed by atoms with Crippen LogP contribution in [-0.2, 0) is 0 Å². The third-order valence-corrected chi connectivity index (χ3v) is 4.62. The molecule has 1 aliphatic rings. The van der Waals surface area contributed by atoms with E-state index in [1.807, 2.05) is 6.07 Å². The maximum atomic E-state index is 12.2. The number of rotatable bonds is 3. The van der Waals surface area contributed by atoms with Crippen LogP contribution in [0.25, 0.3) is 11.1 Å². The Morgan fingerprint density at radius 3 is 2.26 bits per heavy atom. The summed E-state index contributed by atoms with van der Waals surface area (Å²) in [5, 5.41) is 0. The molecule has 0 atom stereocenters. The minimum atomic E-state index is -0.461. The van der Waals surface area contributed by atoms with Crippen LogP contribution in [0.1, 0.15) is 54.1 Å². The molecule has 1 fully saturated rings. The summed E-state index contributed by atoms with van der Waals surface area (Å²) in [7, 11) is 0. The van der Waals surface area contributed by atoms with Crippen LogP contribution < -0.4 is 17.1 Å². The summed E-state index contributed by atoms with van der Waals surface area (Å²) in [6.07, 6.45) is 5.74. The number of pyridine rings is 1. The Hall–Kier alpha value is -2.56. The molecule has 0 radical (unpaired) electrons. The van der Waals surface area contributed by atoms with E-state index in [0.29, 0.717) is 11.5 Å². The van der Waals surface area contributed by atoms with E-state index in [-0.39, 0.29) is 5.56 Å². The summed E-state index contributed by atoms with van der Waals surface area (Å²) in [4.78, 5) is 23.4. The molecule has 4 N–H and O–H groups in total. The second-order valence-electron chi connectivity index (χ2n) is 6.15. The van der Waals surface area contributed by atoms with E-state index in [2.05, 4.69) is 0 Å². The summed E-state index contributed by atoms with van der Waals surface area (Å²) in [5.74, 6) is 5.85. The molecule has 1 aromatic heterocycles. The number of benzene rings is 1. The number of amides is 1. The maximum absolute atomic E-state index is 12.2. The predicted molar refractivity (Wildman–Crippen MR) is 90.6 cm³/mol. The van der Waals surface area contributed by atoms with Crippen LogP contribution in [0.2, 0.25) is 0 Å². The predicted octanol–water partition coefficient (Wildman–Crippen LogP) is 2.38. The van der Waals surface area contributed by atoms with Crippen LogP contribution in [0.4, 0.5) is 0 Å². The Labute approximate surface area is 134 Å². The molecule has 3 rings (SSSR count). The third-order valence-electron chi connectivity index (χ3n) is 4.62. The molecule has 0 aliphatic heterocycles. The van der Waals surface area contributed by atoms with E-state index in [9.17, 15) is 9.59 Å². The third kappa shape index (κ3) is 3.13. The van der Waals surface area contributed by atoms with Crippen LogP contribution in [0.3, 0.4) is 0 Å². The largest absolute Gasteiger partial charge is 0.366 e. The first-order valence-corrected chi connectivity index (χ1v) is 7.98. The van der Waals surface area contributed by atoms with Gasteiger partial charge < -0.3 is 11.6 Å². The fourth-order valence-corrected chi connectivity index (χ4v) is 3.31. The molecular formula is C18H21N3O2. The van der Waals surface area contributed by atoms with Crippen molar-refractivity contribution in [1.29, 1.82) is 0 Å². The van der Waals surface area contributed by atoms with Gasteiger partial charge in [-0.25, -0.2) is 4.68 Å². The monoisotopic (exact) mass is 311 g/mol. The zero-order chi connectivity index (χ0) is 16.4. The fraction of sp³-hybridized carbons (Fsp3) is 0.333. The summed E-state index contributed by atoms with van der Waals surface area (Å²) < 4.78 is 1.28. The molecule has 5 nitrogen and oxygen atoms in total. The quantitative estimate of drug-likeness (QED) is 0.853. The molecular weight excluding hydrogens is 290 g/mol. The standard InChI is InChI=1S/C18H21N3O2/c19-18(23)14-8-6-12(7-9-14)15-10-16(21(20)17(22)11-15)13-4-2-1-3-5-13/h6-11,13H,1-5,20H2,(H2,19,23). The average molecular weight is 311 g/mol. The van der Waals surface area contributed by atoms with Crippen molar-refractivity contribution >= 4 is 5.91 Å². The van der Waals surface area contributed by atoms with E-state index in [1.165, 1.54) is 30.0 Å². The van der Waals surface area contributed by atoms with Crippen LogP contribution in [-0.4, -0.2) is 10.6 Å². The number of hydrogen-bond donors (Lipinski definition) is 2. The van der Waals surface area contributed by atoms with Gasteiger partial charge in [-0.1, -0.05) is 31.4 Å². The summed E-state index contributed by atoms with van der Waals surface area (Å²) in [5.41, 5.74) is 8.11. The average Bonchev–Trinajstić information content (AvgIpc) is 2.58. The zero-order valence-corrected chi connectivity index (χ0v) is 13.0. The Bertz CT molecular complexity index is 772. The van der Waals surface area contributed by atoms with Crippen LogP contribution in [0, 0.1) is 0 Å². The van der Waals surface area contributed by atoms with Crippen LogP contribution in [0.15, 0.2) is 41.2 Å². The molecule has 1 amide bonds. The van der Waals surface area contributed by atoms with Gasteiger partial charge in [0.2, 0.25) is 5.91 Å². The highest BCUT2D eigenvalue weighted by molar-refractivity contribution is 5.93. The van der Waals surface area contributed by atoms with Gasteiger partial charge in [-0.05, 0) is 42.2 Å². The molecule has 2 aromatic rings. The van der Waals surface area contributed by atoms with Gasteiger partial charge in [-0.2, -0.15) is 0 Å². The Morgan fingerprint density at radius 1 is 1.00 bits per heavy atom. The second kappa shape index (κ2) is 6.28. The molecule has 0 spiro atoms. The minimum absolute atomic E-state index is 0.206. The van der Waals surface area contributed by atoms with Crippen molar-refractivity contribution in [2.75, 3.05) is 5.84 Å². The second-order valence-corrected chi connectivity index (χ2v) is 6.15. The van der Waals surface area contributed by atoms with Gasteiger partial charge in [-0.15, -0.1) is 0 Å². The first-order valence-electron chi connectivity index (χ1n) is 7.98. The maximum Gasteiger partial charge on any atom is 0.269 e. The lowest BCUT2D eigenvalue weighted by molar-refractivity contribution is 0.100. The molecule has 0 unspecified atom stereocenters. The van der Waals surface area contributed by atoms with Crippen LogP contribution >= 0.6 is 0 Å². The highest BCUT2D eigenvalue weighted by atomic mass is 16.1. The molecule has 1 aliphatic carbocycles. The van der Waals surface area contributed by atoms with E-state index >= 15 is 0 Å². The van der Waals surface area contributed by atoms with E-state index < -0.39 is 5.91 Å². The SMILES string of the molecule is NC(=O)c1ccc(-c2cc(C3CCCCC3)n(N)c(=O)c2)cc1. The Morgan fingerprint density at radius 2 is 1.65 bits per heavy atom. The van der Waals surface area contributed by atoms with Gasteiger partial charge >= 0.3 is 0 Å². The molecule has 1 heterocycles. The molecule has 0 saturated heterocycles. The summed E-state index contributed by atoms with van der Waals surface area (Å²) in [6, 6.07) is 10.5. The molecule has 5 heteroatoms. The first-order chi connectivity index (χ1) is 11.1. The van der Waals surface area contributed by atoms with E-state index in [4.69, 9.17) is 11.6 Å². The molecule has 1 saturated carbocycles. The van der Waals surface area contributed by atoms with Crippen molar-refractivity contribution < 1.29 is 4.79 Å². The van der Waals surface area contributed by atoms with Gasteiger partial charge in [0.1, 0.15) is 0 Å².